The van der Waals surface area contributed by atoms with Gasteiger partial charge in [0.2, 0.25) is 0 Å². The van der Waals surface area contributed by atoms with Crippen LogP contribution in [-0.4, -0.2) is 4.98 Å². The van der Waals surface area contributed by atoms with Crippen LogP contribution in [0.5, 0.6) is 0 Å². The van der Waals surface area contributed by atoms with Crippen molar-refractivity contribution in [2.24, 2.45) is 5.84 Å². The third-order valence-electron chi connectivity index (χ3n) is 2.45. The van der Waals surface area contributed by atoms with Crippen molar-refractivity contribution in [1.29, 1.82) is 0 Å². The van der Waals surface area contributed by atoms with Crippen LogP contribution in [0.3, 0.4) is 0 Å². The van der Waals surface area contributed by atoms with Gasteiger partial charge in [-0.25, -0.2) is 14.8 Å². The van der Waals surface area contributed by atoms with Crippen molar-refractivity contribution >= 4 is 11.6 Å². The molecule has 1 unspecified atom stereocenters. The van der Waals surface area contributed by atoms with Crippen molar-refractivity contribution in [3.05, 3.63) is 64.7 Å². The average molecular weight is 252 g/mol. The summed E-state index contributed by atoms with van der Waals surface area (Å²) in [5, 5.41) is 0.420. The molecule has 0 aliphatic heterocycles. The van der Waals surface area contributed by atoms with Crippen LogP contribution in [0.15, 0.2) is 42.6 Å². The second-order valence-corrected chi connectivity index (χ2v) is 3.95. The number of pyridine rings is 1. The third kappa shape index (κ3) is 2.79. The molecule has 0 spiro atoms. The number of nitrogens with two attached hydrogens (primary N) is 1. The number of aromatic nitrogens is 1. The number of rotatable bonds is 3. The van der Waals surface area contributed by atoms with E-state index in [0.29, 0.717) is 5.15 Å². The SMILES string of the molecule is NNC(c1ccc(F)cc1)c1ccc(Cl)nc1. The van der Waals surface area contributed by atoms with Gasteiger partial charge >= 0.3 is 0 Å². The van der Waals surface area contributed by atoms with Crippen molar-refractivity contribution in [3.8, 4) is 0 Å². The summed E-state index contributed by atoms with van der Waals surface area (Å²) >= 11 is 5.71. The smallest absolute Gasteiger partial charge is 0.129 e. The maximum Gasteiger partial charge on any atom is 0.129 e. The number of halogens is 2. The molecule has 0 bridgehead atoms. The van der Waals surface area contributed by atoms with Gasteiger partial charge in [0.25, 0.3) is 0 Å². The minimum absolute atomic E-state index is 0.236. The Morgan fingerprint density at radius 2 is 1.76 bits per heavy atom. The summed E-state index contributed by atoms with van der Waals surface area (Å²) in [4.78, 5) is 3.99. The lowest BCUT2D eigenvalue weighted by Gasteiger charge is -2.16. The van der Waals surface area contributed by atoms with Crippen molar-refractivity contribution in [2.75, 3.05) is 0 Å². The Balaban J connectivity index is 2.33. The van der Waals surface area contributed by atoms with Crippen LogP contribution in [0, 0.1) is 5.82 Å². The quantitative estimate of drug-likeness (QED) is 0.500. The monoisotopic (exact) mass is 251 g/mol. The van der Waals surface area contributed by atoms with Crippen LogP contribution in [0.4, 0.5) is 4.39 Å². The fraction of sp³-hybridized carbons (Fsp3) is 0.0833. The Bertz CT molecular complexity index is 439. The van der Waals surface area contributed by atoms with Gasteiger partial charge in [-0.1, -0.05) is 29.8 Å². The van der Waals surface area contributed by atoms with Crippen LogP contribution >= 0.6 is 11.6 Å². The summed E-state index contributed by atoms with van der Waals surface area (Å²) < 4.78 is 12.8. The fourth-order valence-corrected chi connectivity index (χ4v) is 1.71. The number of benzene rings is 1. The van der Waals surface area contributed by atoms with E-state index in [-0.39, 0.29) is 11.9 Å². The highest BCUT2D eigenvalue weighted by atomic mass is 35.5. The van der Waals surface area contributed by atoms with E-state index in [1.807, 2.05) is 6.07 Å². The highest BCUT2D eigenvalue weighted by Gasteiger charge is 2.12. The Morgan fingerprint density at radius 3 is 2.29 bits per heavy atom. The predicted octanol–water partition coefficient (Wildman–Crippen LogP) is 2.43. The minimum Gasteiger partial charge on any atom is -0.271 e. The molecule has 0 fully saturated rings. The van der Waals surface area contributed by atoms with Gasteiger partial charge in [-0.05, 0) is 29.3 Å². The molecule has 3 N–H and O–H groups in total. The molecule has 0 aliphatic carbocycles. The maximum atomic E-state index is 12.8. The zero-order chi connectivity index (χ0) is 12.3. The first kappa shape index (κ1) is 12.0. The van der Waals surface area contributed by atoms with E-state index < -0.39 is 0 Å². The van der Waals surface area contributed by atoms with E-state index in [4.69, 9.17) is 17.4 Å². The second-order valence-electron chi connectivity index (χ2n) is 3.57. The zero-order valence-electron chi connectivity index (χ0n) is 8.90. The van der Waals surface area contributed by atoms with Gasteiger partial charge in [-0.2, -0.15) is 0 Å². The molecule has 0 radical (unpaired) electrons. The zero-order valence-corrected chi connectivity index (χ0v) is 9.66. The van der Waals surface area contributed by atoms with Crippen LogP contribution in [0.1, 0.15) is 17.2 Å². The predicted molar refractivity (Wildman–Crippen MR) is 64.8 cm³/mol. The van der Waals surface area contributed by atoms with Crippen molar-refractivity contribution < 1.29 is 4.39 Å². The van der Waals surface area contributed by atoms with E-state index in [2.05, 4.69) is 10.4 Å². The van der Waals surface area contributed by atoms with Gasteiger partial charge < -0.3 is 0 Å². The van der Waals surface area contributed by atoms with E-state index >= 15 is 0 Å². The van der Waals surface area contributed by atoms with Gasteiger partial charge in [-0.3, -0.25) is 5.84 Å². The molecule has 1 atom stereocenters. The van der Waals surface area contributed by atoms with Gasteiger partial charge in [0, 0.05) is 6.20 Å². The number of hydrazine groups is 1. The molecule has 3 nitrogen and oxygen atoms in total. The molecule has 88 valence electrons. The summed E-state index contributed by atoms with van der Waals surface area (Å²) in [6.07, 6.45) is 1.64. The van der Waals surface area contributed by atoms with Crippen LogP contribution in [0.25, 0.3) is 0 Å². The van der Waals surface area contributed by atoms with Crippen molar-refractivity contribution in [1.82, 2.24) is 10.4 Å². The lowest BCUT2D eigenvalue weighted by molar-refractivity contribution is 0.615. The second kappa shape index (κ2) is 5.23. The normalized spacial score (nSPS) is 12.4. The molecule has 0 aliphatic rings. The van der Waals surface area contributed by atoms with E-state index in [1.54, 1.807) is 24.4 Å². The van der Waals surface area contributed by atoms with Crippen LogP contribution in [-0.2, 0) is 0 Å². The minimum atomic E-state index is -0.279. The molecule has 2 rings (SSSR count). The standard InChI is InChI=1S/C12H11ClFN3/c13-11-6-3-9(7-16-11)12(17-15)8-1-4-10(14)5-2-8/h1-7,12,17H,15H2. The third-order valence-corrected chi connectivity index (χ3v) is 2.68. The maximum absolute atomic E-state index is 12.8. The van der Waals surface area contributed by atoms with Crippen LogP contribution in [0.2, 0.25) is 5.15 Å². The number of nitrogens with zero attached hydrogens (tertiary/aromatic N) is 1. The van der Waals surface area contributed by atoms with Crippen molar-refractivity contribution in [3.63, 3.8) is 0 Å². The molecule has 1 aromatic heterocycles. The summed E-state index contributed by atoms with van der Waals surface area (Å²) in [5.41, 5.74) is 4.39. The molecular formula is C12H11ClFN3. The topological polar surface area (TPSA) is 50.9 Å². The Kier molecular flexibility index (Phi) is 3.68. The molecular weight excluding hydrogens is 241 g/mol. The van der Waals surface area contributed by atoms with Crippen molar-refractivity contribution in [2.45, 2.75) is 6.04 Å². The molecule has 1 heterocycles. The molecule has 2 aromatic rings. The number of hydrogen-bond acceptors (Lipinski definition) is 3. The summed E-state index contributed by atoms with van der Waals surface area (Å²) in [6, 6.07) is 9.41. The summed E-state index contributed by atoms with van der Waals surface area (Å²) in [5.74, 6) is 5.23. The first-order valence-corrected chi connectivity index (χ1v) is 5.41. The number of hydrogen-bond donors (Lipinski definition) is 2. The molecule has 0 saturated carbocycles. The largest absolute Gasteiger partial charge is 0.271 e. The first-order valence-electron chi connectivity index (χ1n) is 5.04. The molecule has 17 heavy (non-hydrogen) atoms. The highest BCUT2D eigenvalue weighted by Crippen LogP contribution is 2.21. The lowest BCUT2D eigenvalue weighted by atomic mass is 10.0. The van der Waals surface area contributed by atoms with E-state index in [1.165, 1.54) is 12.1 Å². The van der Waals surface area contributed by atoms with E-state index in [0.717, 1.165) is 11.1 Å². The fourth-order valence-electron chi connectivity index (χ4n) is 1.60. The Morgan fingerprint density at radius 1 is 1.12 bits per heavy atom. The molecule has 1 aromatic carbocycles. The lowest BCUT2D eigenvalue weighted by Crippen LogP contribution is -2.28. The Labute approximate surface area is 103 Å². The average Bonchev–Trinajstić information content (AvgIpc) is 2.35. The summed E-state index contributed by atoms with van der Waals surface area (Å²) in [7, 11) is 0. The van der Waals surface area contributed by atoms with E-state index in [9.17, 15) is 4.39 Å². The van der Waals surface area contributed by atoms with Gasteiger partial charge in [-0.15, -0.1) is 0 Å². The van der Waals surface area contributed by atoms with Gasteiger partial charge in [0.1, 0.15) is 11.0 Å². The first-order chi connectivity index (χ1) is 8.20. The van der Waals surface area contributed by atoms with Gasteiger partial charge in [0.05, 0.1) is 6.04 Å². The van der Waals surface area contributed by atoms with Crippen LogP contribution < -0.4 is 11.3 Å². The highest BCUT2D eigenvalue weighted by molar-refractivity contribution is 6.29. The van der Waals surface area contributed by atoms with Gasteiger partial charge in [0.15, 0.2) is 0 Å². The Hall–Kier alpha value is -1.49. The number of nitrogens with one attached hydrogen (secondary N) is 1. The summed E-state index contributed by atoms with van der Waals surface area (Å²) in [6.45, 7) is 0. The molecule has 0 saturated heterocycles. The molecule has 5 heteroatoms. The molecule has 0 amide bonds.